The second-order valence-electron chi connectivity index (χ2n) is 5.84. The van der Waals surface area contributed by atoms with Gasteiger partial charge in [-0.15, -0.1) is 11.3 Å². The number of rotatable bonds is 7. The van der Waals surface area contributed by atoms with E-state index in [1.54, 1.807) is 12.1 Å². The van der Waals surface area contributed by atoms with Gasteiger partial charge in [0.25, 0.3) is 0 Å². The molecule has 7 heteroatoms. The molecule has 1 fully saturated rings. The minimum absolute atomic E-state index is 0.0389. The molecule has 0 bridgehead atoms. The molecule has 1 aromatic heterocycles. The molecule has 2 rings (SSSR count). The van der Waals surface area contributed by atoms with E-state index in [1.165, 1.54) is 11.3 Å². The van der Waals surface area contributed by atoms with E-state index in [2.05, 4.69) is 9.62 Å². The van der Waals surface area contributed by atoms with Crippen LogP contribution in [0.15, 0.2) is 16.3 Å². The Bertz CT molecular complexity index is 561. The van der Waals surface area contributed by atoms with Crippen LogP contribution in [0, 0.1) is 0 Å². The number of likely N-dealkylation sites (N-methyl/N-ethyl adjacent to an activating group) is 1. The molecule has 0 radical (unpaired) electrons. The molecule has 0 aliphatic heterocycles. The number of nitrogens with zero attached hydrogens (tertiary/aromatic N) is 1. The van der Waals surface area contributed by atoms with E-state index in [9.17, 15) is 8.42 Å². The molecule has 1 aromatic rings. The topological polar surface area (TPSA) is 69.6 Å². The predicted molar refractivity (Wildman–Crippen MR) is 85.2 cm³/mol. The van der Waals surface area contributed by atoms with Crippen molar-refractivity contribution in [1.29, 1.82) is 0 Å². The molecule has 0 saturated heterocycles. The Morgan fingerprint density at radius 1 is 1.33 bits per heavy atom. The summed E-state index contributed by atoms with van der Waals surface area (Å²) in [6.07, 6.45) is 4.87. The first-order chi connectivity index (χ1) is 9.89. The van der Waals surface area contributed by atoms with Crippen LogP contribution in [0.4, 0.5) is 0 Å². The Morgan fingerprint density at radius 2 is 2.00 bits per heavy atom. The molecule has 0 atom stereocenters. The van der Waals surface area contributed by atoms with Gasteiger partial charge >= 0.3 is 0 Å². The third-order valence-electron chi connectivity index (χ3n) is 4.33. The fourth-order valence-corrected chi connectivity index (χ4v) is 5.37. The summed E-state index contributed by atoms with van der Waals surface area (Å²) in [5.74, 6) is 0. The molecule has 2 N–H and O–H groups in total. The van der Waals surface area contributed by atoms with E-state index in [-0.39, 0.29) is 12.1 Å². The van der Waals surface area contributed by atoms with Crippen molar-refractivity contribution < 1.29 is 13.5 Å². The van der Waals surface area contributed by atoms with Gasteiger partial charge in [0.05, 0.1) is 0 Å². The van der Waals surface area contributed by atoms with Crippen molar-refractivity contribution in [2.45, 2.75) is 41.9 Å². The average molecular weight is 332 g/mol. The normalized spacial score (nSPS) is 18.5. The highest BCUT2D eigenvalue weighted by Crippen LogP contribution is 2.33. The molecule has 0 aromatic carbocycles. The number of hydrogen-bond donors (Lipinski definition) is 2. The van der Waals surface area contributed by atoms with Gasteiger partial charge in [0.2, 0.25) is 10.0 Å². The third-order valence-corrected chi connectivity index (χ3v) is 7.37. The molecular formula is C14H24N2O3S2. The maximum atomic E-state index is 12.4. The van der Waals surface area contributed by atoms with Crippen LogP contribution in [0.1, 0.15) is 30.6 Å². The van der Waals surface area contributed by atoms with Gasteiger partial charge in [-0.05, 0) is 39.1 Å². The summed E-state index contributed by atoms with van der Waals surface area (Å²) in [5, 5.41) is 8.91. The Kier molecular flexibility index (Phi) is 5.43. The number of aliphatic hydroxyl groups is 1. The molecule has 5 nitrogen and oxygen atoms in total. The van der Waals surface area contributed by atoms with Crippen molar-refractivity contribution in [3.63, 3.8) is 0 Å². The lowest BCUT2D eigenvalue weighted by molar-refractivity contribution is 0.162. The minimum atomic E-state index is -3.46. The Balaban J connectivity index is 2.06. The van der Waals surface area contributed by atoms with Crippen LogP contribution >= 0.6 is 11.3 Å². The molecule has 0 amide bonds. The lowest BCUT2D eigenvalue weighted by Crippen LogP contribution is -2.50. The highest BCUT2D eigenvalue weighted by Gasteiger charge is 2.37. The van der Waals surface area contributed by atoms with Crippen molar-refractivity contribution in [3.8, 4) is 0 Å². The number of nitrogens with one attached hydrogen (secondary N) is 1. The largest absolute Gasteiger partial charge is 0.396 e. The number of thiophene rings is 1. The van der Waals surface area contributed by atoms with Gasteiger partial charge in [0.15, 0.2) is 0 Å². The van der Waals surface area contributed by atoms with Gasteiger partial charge in [0, 0.05) is 30.0 Å². The second kappa shape index (κ2) is 6.75. The summed E-state index contributed by atoms with van der Waals surface area (Å²) in [6, 6.07) is 3.39. The van der Waals surface area contributed by atoms with Crippen molar-refractivity contribution >= 4 is 21.4 Å². The van der Waals surface area contributed by atoms with Crippen LogP contribution in [-0.2, 0) is 16.4 Å². The van der Waals surface area contributed by atoms with Gasteiger partial charge < -0.3 is 10.0 Å². The second-order valence-corrected chi connectivity index (χ2v) is 9.01. The molecule has 0 spiro atoms. The third kappa shape index (κ3) is 3.84. The Hall–Kier alpha value is -0.470. The quantitative estimate of drug-likeness (QED) is 0.793. The van der Waals surface area contributed by atoms with E-state index < -0.39 is 10.0 Å². The summed E-state index contributed by atoms with van der Waals surface area (Å²) in [5.41, 5.74) is -0.0573. The first-order valence-corrected chi connectivity index (χ1v) is 9.56. The SMILES string of the molecule is CN(C)C1(CNS(=O)(=O)c2ccc(CCO)s2)CCCC1. The monoisotopic (exact) mass is 332 g/mol. The summed E-state index contributed by atoms with van der Waals surface area (Å²) in [6.45, 7) is 0.493. The Morgan fingerprint density at radius 3 is 2.57 bits per heavy atom. The molecule has 1 heterocycles. The van der Waals surface area contributed by atoms with Crippen molar-refractivity contribution in [1.82, 2.24) is 9.62 Å². The fourth-order valence-electron chi connectivity index (χ4n) is 2.86. The summed E-state index contributed by atoms with van der Waals surface area (Å²) in [4.78, 5) is 3.04. The highest BCUT2D eigenvalue weighted by atomic mass is 32.2. The highest BCUT2D eigenvalue weighted by molar-refractivity contribution is 7.91. The molecular weight excluding hydrogens is 308 g/mol. The first kappa shape index (κ1) is 16.9. The van der Waals surface area contributed by atoms with Gasteiger partial charge in [-0.3, -0.25) is 0 Å². The standard InChI is InChI=1S/C14H24N2O3S2/c1-16(2)14(8-3-4-9-14)11-15-21(18,19)13-6-5-12(20-13)7-10-17/h5-6,15,17H,3-4,7-11H2,1-2H3. The zero-order valence-corrected chi connectivity index (χ0v) is 14.3. The van der Waals surface area contributed by atoms with E-state index in [0.29, 0.717) is 17.2 Å². The van der Waals surface area contributed by atoms with Crippen molar-refractivity contribution in [3.05, 3.63) is 17.0 Å². The van der Waals surface area contributed by atoms with E-state index in [1.807, 2.05) is 14.1 Å². The van der Waals surface area contributed by atoms with E-state index >= 15 is 0 Å². The zero-order chi connectivity index (χ0) is 15.5. The lowest BCUT2D eigenvalue weighted by Gasteiger charge is -2.36. The number of hydrogen-bond acceptors (Lipinski definition) is 5. The van der Waals surface area contributed by atoms with Crippen molar-refractivity contribution in [2.24, 2.45) is 0 Å². The van der Waals surface area contributed by atoms with E-state index in [4.69, 9.17) is 5.11 Å². The van der Waals surface area contributed by atoms with Gasteiger partial charge in [-0.1, -0.05) is 12.8 Å². The molecule has 0 unspecified atom stereocenters. The summed E-state index contributed by atoms with van der Waals surface area (Å²) >= 11 is 1.23. The van der Waals surface area contributed by atoms with Crippen LogP contribution in [0.5, 0.6) is 0 Å². The zero-order valence-electron chi connectivity index (χ0n) is 12.6. The maximum absolute atomic E-state index is 12.4. The molecule has 1 aliphatic rings. The Labute approximate surface area is 131 Å². The van der Waals surface area contributed by atoms with Crippen LogP contribution in [-0.4, -0.2) is 51.2 Å². The number of aliphatic hydroxyl groups excluding tert-OH is 1. The predicted octanol–water partition coefficient (Wildman–Crippen LogP) is 1.44. The van der Waals surface area contributed by atoms with Crippen LogP contribution in [0.3, 0.4) is 0 Å². The lowest BCUT2D eigenvalue weighted by atomic mass is 9.97. The first-order valence-electron chi connectivity index (χ1n) is 7.26. The van der Waals surface area contributed by atoms with Crippen molar-refractivity contribution in [2.75, 3.05) is 27.2 Å². The summed E-state index contributed by atoms with van der Waals surface area (Å²) in [7, 11) is 0.579. The van der Waals surface area contributed by atoms with E-state index in [0.717, 1.165) is 30.6 Å². The van der Waals surface area contributed by atoms with Crippen LogP contribution in [0.25, 0.3) is 0 Å². The molecule has 1 saturated carbocycles. The maximum Gasteiger partial charge on any atom is 0.250 e. The molecule has 1 aliphatic carbocycles. The molecule has 21 heavy (non-hydrogen) atoms. The van der Waals surface area contributed by atoms with Gasteiger partial charge in [-0.25, -0.2) is 13.1 Å². The van der Waals surface area contributed by atoms with Gasteiger partial charge in [0.1, 0.15) is 4.21 Å². The van der Waals surface area contributed by atoms with Gasteiger partial charge in [-0.2, -0.15) is 0 Å². The van der Waals surface area contributed by atoms with Crippen LogP contribution < -0.4 is 4.72 Å². The molecule has 120 valence electrons. The minimum Gasteiger partial charge on any atom is -0.396 e. The fraction of sp³-hybridized carbons (Fsp3) is 0.714. The smallest absolute Gasteiger partial charge is 0.250 e. The van der Waals surface area contributed by atoms with Crippen LogP contribution in [0.2, 0.25) is 0 Å². The summed E-state index contributed by atoms with van der Waals surface area (Å²) < 4.78 is 27.9. The number of sulfonamides is 1. The average Bonchev–Trinajstić information content (AvgIpc) is 3.07.